The fraction of sp³-hybridized carbons (Fsp3) is 0.692. The quantitative estimate of drug-likeness (QED) is 0.663. The topological polar surface area (TPSA) is 25.2 Å². The van der Waals surface area contributed by atoms with Crippen LogP contribution in [0.3, 0.4) is 0 Å². The summed E-state index contributed by atoms with van der Waals surface area (Å²) in [7, 11) is 0. The second-order valence-electron chi connectivity index (χ2n) is 3.96. The predicted octanol–water partition coefficient (Wildman–Crippen LogP) is 3.51. The summed E-state index contributed by atoms with van der Waals surface area (Å²) in [6.07, 6.45) is 6.24. The van der Waals surface area contributed by atoms with Crippen LogP contribution >= 0.6 is 0 Å². The molecule has 15 heavy (non-hydrogen) atoms. The van der Waals surface area contributed by atoms with Crippen LogP contribution in [0, 0.1) is 0 Å². The first kappa shape index (κ1) is 12.3. The Kier molecular flexibility index (Phi) is 6.17. The highest BCUT2D eigenvalue weighted by Crippen LogP contribution is 2.07. The first-order chi connectivity index (χ1) is 7.36. The SMILES string of the molecule is CCCCCCNCc1ccc(CC)o1. The van der Waals surface area contributed by atoms with E-state index in [4.69, 9.17) is 4.42 Å². The molecule has 1 heterocycles. The van der Waals surface area contributed by atoms with Crippen molar-refractivity contribution in [3.8, 4) is 0 Å². The van der Waals surface area contributed by atoms with Crippen molar-refractivity contribution >= 4 is 0 Å². The van der Waals surface area contributed by atoms with Crippen LogP contribution in [0.25, 0.3) is 0 Å². The van der Waals surface area contributed by atoms with Crippen LogP contribution in [0.15, 0.2) is 16.5 Å². The van der Waals surface area contributed by atoms with Gasteiger partial charge in [0.25, 0.3) is 0 Å². The maximum Gasteiger partial charge on any atom is 0.117 e. The number of furan rings is 1. The van der Waals surface area contributed by atoms with Crippen LogP contribution in [0.2, 0.25) is 0 Å². The molecular formula is C13H23NO. The van der Waals surface area contributed by atoms with Gasteiger partial charge in [-0.05, 0) is 25.1 Å². The molecule has 0 radical (unpaired) electrons. The molecule has 0 atom stereocenters. The summed E-state index contributed by atoms with van der Waals surface area (Å²) in [4.78, 5) is 0. The monoisotopic (exact) mass is 209 g/mol. The van der Waals surface area contributed by atoms with Gasteiger partial charge in [-0.25, -0.2) is 0 Å². The van der Waals surface area contributed by atoms with E-state index in [1.807, 2.05) is 0 Å². The summed E-state index contributed by atoms with van der Waals surface area (Å²) in [5.41, 5.74) is 0. The lowest BCUT2D eigenvalue weighted by Crippen LogP contribution is -2.14. The summed E-state index contributed by atoms with van der Waals surface area (Å²) >= 11 is 0. The van der Waals surface area contributed by atoms with E-state index >= 15 is 0 Å². The molecular weight excluding hydrogens is 186 g/mol. The zero-order chi connectivity index (χ0) is 10.9. The average Bonchev–Trinajstić information content (AvgIpc) is 2.71. The standard InChI is InChI=1S/C13H23NO/c1-3-5-6-7-10-14-11-13-9-8-12(4-2)15-13/h8-9,14H,3-7,10-11H2,1-2H3. The van der Waals surface area contributed by atoms with Gasteiger partial charge >= 0.3 is 0 Å². The third-order valence-electron chi connectivity index (χ3n) is 2.57. The summed E-state index contributed by atoms with van der Waals surface area (Å²) < 4.78 is 5.60. The van der Waals surface area contributed by atoms with Crippen molar-refractivity contribution in [3.05, 3.63) is 23.7 Å². The van der Waals surface area contributed by atoms with Gasteiger partial charge in [-0.2, -0.15) is 0 Å². The van der Waals surface area contributed by atoms with E-state index in [1.54, 1.807) is 0 Å². The number of hydrogen-bond donors (Lipinski definition) is 1. The molecule has 0 saturated heterocycles. The molecule has 0 aliphatic rings. The predicted molar refractivity (Wildman–Crippen MR) is 63.9 cm³/mol. The Morgan fingerprint density at radius 3 is 2.53 bits per heavy atom. The minimum atomic E-state index is 0.867. The molecule has 0 aromatic carbocycles. The molecule has 0 amide bonds. The number of hydrogen-bond acceptors (Lipinski definition) is 2. The lowest BCUT2D eigenvalue weighted by Gasteiger charge is -2.01. The molecule has 0 unspecified atom stereocenters. The Morgan fingerprint density at radius 2 is 1.87 bits per heavy atom. The van der Waals surface area contributed by atoms with E-state index in [0.29, 0.717) is 0 Å². The molecule has 1 aromatic rings. The molecule has 2 nitrogen and oxygen atoms in total. The molecule has 0 spiro atoms. The highest BCUT2D eigenvalue weighted by Gasteiger charge is 1.98. The maximum absolute atomic E-state index is 5.60. The van der Waals surface area contributed by atoms with Crippen molar-refractivity contribution in [2.24, 2.45) is 0 Å². The van der Waals surface area contributed by atoms with Crippen LogP contribution in [0.5, 0.6) is 0 Å². The van der Waals surface area contributed by atoms with Gasteiger partial charge in [-0.15, -0.1) is 0 Å². The molecule has 0 bridgehead atoms. The van der Waals surface area contributed by atoms with Gasteiger partial charge in [0, 0.05) is 6.42 Å². The van der Waals surface area contributed by atoms with Crippen LogP contribution in [-0.4, -0.2) is 6.54 Å². The number of unbranched alkanes of at least 4 members (excludes halogenated alkanes) is 3. The van der Waals surface area contributed by atoms with Gasteiger partial charge in [0.15, 0.2) is 0 Å². The molecule has 0 saturated carbocycles. The lowest BCUT2D eigenvalue weighted by molar-refractivity contribution is 0.447. The Labute approximate surface area is 93.1 Å². The van der Waals surface area contributed by atoms with Crippen LogP contribution in [0.1, 0.15) is 51.1 Å². The fourth-order valence-corrected chi connectivity index (χ4v) is 1.60. The van der Waals surface area contributed by atoms with E-state index < -0.39 is 0 Å². The number of nitrogens with one attached hydrogen (secondary N) is 1. The van der Waals surface area contributed by atoms with Gasteiger partial charge in [-0.1, -0.05) is 33.1 Å². The van der Waals surface area contributed by atoms with Crippen LogP contribution in [0.4, 0.5) is 0 Å². The minimum Gasteiger partial charge on any atom is -0.465 e. The minimum absolute atomic E-state index is 0.867. The van der Waals surface area contributed by atoms with Crippen molar-refractivity contribution in [3.63, 3.8) is 0 Å². The molecule has 1 aromatic heterocycles. The molecule has 2 heteroatoms. The third kappa shape index (κ3) is 5.03. The molecule has 0 fully saturated rings. The largest absolute Gasteiger partial charge is 0.465 e. The zero-order valence-electron chi connectivity index (χ0n) is 10.0. The van der Waals surface area contributed by atoms with E-state index in [9.17, 15) is 0 Å². The second kappa shape index (κ2) is 7.52. The first-order valence-corrected chi connectivity index (χ1v) is 6.15. The molecule has 1 N–H and O–H groups in total. The molecule has 86 valence electrons. The van der Waals surface area contributed by atoms with Gasteiger partial charge < -0.3 is 9.73 Å². The second-order valence-corrected chi connectivity index (χ2v) is 3.96. The van der Waals surface area contributed by atoms with E-state index in [2.05, 4.69) is 31.3 Å². The lowest BCUT2D eigenvalue weighted by atomic mass is 10.2. The highest BCUT2D eigenvalue weighted by atomic mass is 16.3. The average molecular weight is 209 g/mol. The fourth-order valence-electron chi connectivity index (χ4n) is 1.60. The smallest absolute Gasteiger partial charge is 0.117 e. The molecule has 0 aliphatic heterocycles. The molecule has 1 rings (SSSR count). The first-order valence-electron chi connectivity index (χ1n) is 6.15. The van der Waals surface area contributed by atoms with E-state index in [-0.39, 0.29) is 0 Å². The van der Waals surface area contributed by atoms with E-state index in [1.165, 1.54) is 25.7 Å². The van der Waals surface area contributed by atoms with Gasteiger partial charge in [0.2, 0.25) is 0 Å². The Balaban J connectivity index is 2.04. The van der Waals surface area contributed by atoms with Crippen molar-refractivity contribution < 1.29 is 4.42 Å². The Hall–Kier alpha value is -0.760. The van der Waals surface area contributed by atoms with Gasteiger partial charge in [-0.3, -0.25) is 0 Å². The third-order valence-corrected chi connectivity index (χ3v) is 2.57. The van der Waals surface area contributed by atoms with E-state index in [0.717, 1.165) is 31.0 Å². The zero-order valence-corrected chi connectivity index (χ0v) is 10.0. The number of aryl methyl sites for hydroxylation is 1. The summed E-state index contributed by atoms with van der Waals surface area (Å²) in [6.45, 7) is 6.32. The van der Waals surface area contributed by atoms with Crippen LogP contribution in [-0.2, 0) is 13.0 Å². The van der Waals surface area contributed by atoms with Gasteiger partial charge in [0.1, 0.15) is 11.5 Å². The molecule has 0 aliphatic carbocycles. The summed E-state index contributed by atoms with van der Waals surface area (Å²) in [5.74, 6) is 2.14. The maximum atomic E-state index is 5.60. The number of rotatable bonds is 8. The van der Waals surface area contributed by atoms with Gasteiger partial charge in [0.05, 0.1) is 6.54 Å². The van der Waals surface area contributed by atoms with Crippen molar-refractivity contribution in [2.45, 2.75) is 52.5 Å². The van der Waals surface area contributed by atoms with Crippen LogP contribution < -0.4 is 5.32 Å². The normalized spacial score (nSPS) is 10.8. The summed E-state index contributed by atoms with van der Waals surface area (Å²) in [6, 6.07) is 4.13. The van der Waals surface area contributed by atoms with Crippen molar-refractivity contribution in [2.75, 3.05) is 6.54 Å². The van der Waals surface area contributed by atoms with Crippen molar-refractivity contribution in [1.29, 1.82) is 0 Å². The van der Waals surface area contributed by atoms with Crippen molar-refractivity contribution in [1.82, 2.24) is 5.32 Å². The summed E-state index contributed by atoms with van der Waals surface area (Å²) in [5, 5.41) is 3.40. The highest BCUT2D eigenvalue weighted by molar-refractivity contribution is 5.06. The Bertz CT molecular complexity index is 255. The Morgan fingerprint density at radius 1 is 1.07 bits per heavy atom.